The second kappa shape index (κ2) is 7.84. The molecule has 0 amide bonds. The van der Waals surface area contributed by atoms with E-state index in [0.717, 1.165) is 23.8 Å². The van der Waals surface area contributed by atoms with E-state index < -0.39 is 0 Å². The molecule has 7 nitrogen and oxygen atoms in total. The molecule has 0 aliphatic rings. The molecule has 1 atom stereocenters. The number of H-pyrrole nitrogens is 1. The number of hydrogen-bond donors (Lipinski definition) is 2. The molecule has 26 heavy (non-hydrogen) atoms. The van der Waals surface area contributed by atoms with Crippen LogP contribution in [0.2, 0.25) is 0 Å². The Morgan fingerprint density at radius 3 is 2.50 bits per heavy atom. The van der Waals surface area contributed by atoms with Crippen molar-refractivity contribution in [1.82, 2.24) is 15.0 Å². The van der Waals surface area contributed by atoms with Gasteiger partial charge in [-0.15, -0.1) is 11.3 Å². The molecule has 0 spiro atoms. The van der Waals surface area contributed by atoms with Crippen molar-refractivity contribution in [2.45, 2.75) is 26.9 Å². The molecular weight excluding hydrogens is 352 g/mol. The number of methoxy groups -OCH3 is 2. The van der Waals surface area contributed by atoms with Crippen molar-refractivity contribution in [3.05, 3.63) is 44.4 Å². The first-order valence-electron chi connectivity index (χ1n) is 8.43. The minimum Gasteiger partial charge on any atom is -0.493 e. The highest BCUT2D eigenvalue weighted by Crippen LogP contribution is 2.29. The third kappa shape index (κ3) is 3.86. The van der Waals surface area contributed by atoms with Crippen LogP contribution in [-0.4, -0.2) is 35.7 Å². The lowest BCUT2D eigenvalue weighted by molar-refractivity contribution is -0.926. The Morgan fingerprint density at radius 2 is 1.88 bits per heavy atom. The predicted molar refractivity (Wildman–Crippen MR) is 101 cm³/mol. The Labute approximate surface area is 155 Å². The second-order valence-corrected chi connectivity index (χ2v) is 7.11. The lowest BCUT2D eigenvalue weighted by Crippen LogP contribution is -3.09. The number of aryl methyl sites for hydroxylation is 1. The zero-order valence-electron chi connectivity index (χ0n) is 15.4. The number of hydrogen-bond acceptors (Lipinski definition) is 6. The van der Waals surface area contributed by atoms with Crippen molar-refractivity contribution in [2.24, 2.45) is 0 Å². The van der Waals surface area contributed by atoms with Crippen LogP contribution in [-0.2, 0) is 13.1 Å². The van der Waals surface area contributed by atoms with Crippen LogP contribution in [0, 0.1) is 6.92 Å². The largest absolute Gasteiger partial charge is 0.493 e. The van der Waals surface area contributed by atoms with Gasteiger partial charge in [-0.25, -0.2) is 9.97 Å². The number of quaternary nitrogens is 1. The van der Waals surface area contributed by atoms with E-state index in [0.29, 0.717) is 34.8 Å². The number of aromatic amines is 1. The van der Waals surface area contributed by atoms with E-state index in [1.54, 1.807) is 37.7 Å². The van der Waals surface area contributed by atoms with Gasteiger partial charge in [-0.2, -0.15) is 0 Å². The molecular formula is C18H23N4O3S+. The number of benzene rings is 1. The SMILES string of the molecule is CC[NH+](Cc1csc(C)n1)Cc1nc2cc(OC)c(OC)cc2c(=O)[nH]1. The fraction of sp³-hybridized carbons (Fsp3) is 0.389. The molecule has 0 saturated heterocycles. The van der Waals surface area contributed by atoms with Gasteiger partial charge in [-0.05, 0) is 19.9 Å². The van der Waals surface area contributed by atoms with E-state index in [4.69, 9.17) is 9.47 Å². The predicted octanol–water partition coefficient (Wildman–Crippen LogP) is 1.31. The zero-order chi connectivity index (χ0) is 18.7. The Balaban J connectivity index is 1.90. The van der Waals surface area contributed by atoms with E-state index in [9.17, 15) is 4.79 Å². The van der Waals surface area contributed by atoms with Gasteiger partial charge in [0, 0.05) is 11.4 Å². The summed E-state index contributed by atoms with van der Waals surface area (Å²) in [6, 6.07) is 3.40. The van der Waals surface area contributed by atoms with Gasteiger partial charge in [0.25, 0.3) is 5.56 Å². The van der Waals surface area contributed by atoms with Crippen LogP contribution in [0.4, 0.5) is 0 Å². The van der Waals surface area contributed by atoms with Crippen molar-refractivity contribution in [3.63, 3.8) is 0 Å². The maximum Gasteiger partial charge on any atom is 0.259 e. The molecule has 1 aromatic carbocycles. The minimum atomic E-state index is -0.175. The van der Waals surface area contributed by atoms with Crippen LogP contribution in [0.15, 0.2) is 22.3 Å². The molecule has 0 saturated carbocycles. The number of aromatic nitrogens is 3. The average Bonchev–Trinajstić information content (AvgIpc) is 3.04. The number of rotatable bonds is 7. The van der Waals surface area contributed by atoms with Crippen molar-refractivity contribution in [3.8, 4) is 11.5 Å². The van der Waals surface area contributed by atoms with Crippen LogP contribution < -0.4 is 19.9 Å². The molecule has 2 N–H and O–H groups in total. The van der Waals surface area contributed by atoms with Gasteiger partial charge in [0.05, 0.1) is 36.7 Å². The summed E-state index contributed by atoms with van der Waals surface area (Å²) in [6.07, 6.45) is 0. The fourth-order valence-electron chi connectivity index (χ4n) is 2.89. The summed E-state index contributed by atoms with van der Waals surface area (Å²) in [6.45, 7) is 6.44. The van der Waals surface area contributed by atoms with E-state index in [-0.39, 0.29) is 5.56 Å². The molecule has 3 rings (SSSR count). The molecule has 0 radical (unpaired) electrons. The quantitative estimate of drug-likeness (QED) is 0.651. The highest BCUT2D eigenvalue weighted by molar-refractivity contribution is 7.09. The monoisotopic (exact) mass is 375 g/mol. The summed E-state index contributed by atoms with van der Waals surface area (Å²) >= 11 is 1.65. The minimum absolute atomic E-state index is 0.175. The third-order valence-corrected chi connectivity index (χ3v) is 5.10. The Bertz CT molecular complexity index is 967. The van der Waals surface area contributed by atoms with Gasteiger partial charge >= 0.3 is 0 Å². The molecule has 8 heteroatoms. The zero-order valence-corrected chi connectivity index (χ0v) is 16.2. The summed E-state index contributed by atoms with van der Waals surface area (Å²) in [5.41, 5.74) is 1.49. The second-order valence-electron chi connectivity index (χ2n) is 6.05. The summed E-state index contributed by atoms with van der Waals surface area (Å²) < 4.78 is 10.6. The lowest BCUT2D eigenvalue weighted by atomic mass is 10.2. The smallest absolute Gasteiger partial charge is 0.259 e. The summed E-state index contributed by atoms with van der Waals surface area (Å²) in [7, 11) is 3.11. The van der Waals surface area contributed by atoms with Gasteiger partial charge in [-0.3, -0.25) is 4.79 Å². The Kier molecular flexibility index (Phi) is 5.53. The molecule has 2 aromatic heterocycles. The number of nitrogens with zero attached hydrogens (tertiary/aromatic N) is 2. The maximum absolute atomic E-state index is 12.5. The highest BCUT2D eigenvalue weighted by atomic mass is 32.1. The third-order valence-electron chi connectivity index (χ3n) is 4.27. The van der Waals surface area contributed by atoms with Crippen molar-refractivity contribution >= 4 is 22.2 Å². The van der Waals surface area contributed by atoms with Gasteiger partial charge in [-0.1, -0.05) is 0 Å². The van der Waals surface area contributed by atoms with Crippen molar-refractivity contribution < 1.29 is 14.4 Å². The maximum atomic E-state index is 12.5. The van der Waals surface area contributed by atoms with Crippen LogP contribution in [0.1, 0.15) is 23.4 Å². The van der Waals surface area contributed by atoms with E-state index in [1.807, 2.05) is 6.92 Å². The topological polar surface area (TPSA) is 81.5 Å². The van der Waals surface area contributed by atoms with Crippen LogP contribution >= 0.6 is 11.3 Å². The van der Waals surface area contributed by atoms with Crippen molar-refractivity contribution in [1.29, 1.82) is 0 Å². The normalized spacial score (nSPS) is 12.3. The fourth-order valence-corrected chi connectivity index (χ4v) is 3.51. The molecule has 138 valence electrons. The number of nitrogens with one attached hydrogen (secondary N) is 2. The first kappa shape index (κ1) is 18.3. The van der Waals surface area contributed by atoms with Gasteiger partial charge in [0.1, 0.15) is 18.8 Å². The van der Waals surface area contributed by atoms with Gasteiger partial charge in [0.15, 0.2) is 17.3 Å². The number of fused-ring (bicyclic) bond motifs is 1. The molecule has 0 aliphatic heterocycles. The van der Waals surface area contributed by atoms with Crippen molar-refractivity contribution in [2.75, 3.05) is 20.8 Å². The summed E-state index contributed by atoms with van der Waals surface area (Å²) in [4.78, 5) is 25.8. The van der Waals surface area contributed by atoms with Crippen LogP contribution in [0.5, 0.6) is 11.5 Å². The Morgan fingerprint density at radius 1 is 1.15 bits per heavy atom. The molecule has 1 unspecified atom stereocenters. The summed E-state index contributed by atoms with van der Waals surface area (Å²) in [5.74, 6) is 1.72. The molecule has 0 aliphatic carbocycles. The highest BCUT2D eigenvalue weighted by Gasteiger charge is 2.15. The molecule has 0 bridgehead atoms. The standard InChI is InChI=1S/C18H22N4O3S/c1-5-22(8-12-10-26-11(2)19-12)9-17-20-14-7-16(25-4)15(24-3)6-13(14)18(23)21-17/h6-7,10H,5,8-9H2,1-4H3,(H,20,21,23)/p+1. The molecule has 3 aromatic rings. The molecule has 2 heterocycles. The summed E-state index contributed by atoms with van der Waals surface area (Å²) in [5, 5.41) is 3.63. The molecule has 0 fully saturated rings. The van der Waals surface area contributed by atoms with Gasteiger partial charge in [0.2, 0.25) is 0 Å². The Hall–Kier alpha value is -2.45. The van der Waals surface area contributed by atoms with Crippen LogP contribution in [0.3, 0.4) is 0 Å². The lowest BCUT2D eigenvalue weighted by Gasteiger charge is -2.16. The first-order chi connectivity index (χ1) is 12.5. The van der Waals surface area contributed by atoms with Crippen LogP contribution in [0.25, 0.3) is 10.9 Å². The van der Waals surface area contributed by atoms with Gasteiger partial charge < -0.3 is 19.4 Å². The van der Waals surface area contributed by atoms with E-state index in [2.05, 4.69) is 27.3 Å². The first-order valence-corrected chi connectivity index (χ1v) is 9.31. The van der Waals surface area contributed by atoms with E-state index >= 15 is 0 Å². The number of thiazole rings is 1. The number of ether oxygens (including phenoxy) is 2. The van der Waals surface area contributed by atoms with E-state index in [1.165, 1.54) is 4.90 Å². The average molecular weight is 375 g/mol.